The van der Waals surface area contributed by atoms with Gasteiger partial charge in [0.1, 0.15) is 0 Å². The number of carbonyl (C=O) groups excluding carboxylic acids is 2. The fraction of sp³-hybridized carbons (Fsp3) is 0.522. The zero-order chi connectivity index (χ0) is 24.0. The highest BCUT2D eigenvalue weighted by atomic mass is 19.4. The van der Waals surface area contributed by atoms with Gasteiger partial charge in [-0.2, -0.15) is 18.3 Å². The van der Waals surface area contributed by atoms with E-state index in [2.05, 4.69) is 16.9 Å². The molecule has 3 rings (SSSR count). The summed E-state index contributed by atoms with van der Waals surface area (Å²) in [6.45, 7) is 6.72. The molecule has 1 saturated heterocycles. The van der Waals surface area contributed by atoms with E-state index in [4.69, 9.17) is 4.74 Å². The number of likely N-dealkylation sites (N-methyl/N-ethyl adjacent to an activating group) is 1. The third kappa shape index (κ3) is 6.34. The Labute approximate surface area is 191 Å². The van der Waals surface area contributed by atoms with Crippen molar-refractivity contribution in [2.45, 2.75) is 45.3 Å². The van der Waals surface area contributed by atoms with Gasteiger partial charge in [0.15, 0.2) is 5.69 Å². The summed E-state index contributed by atoms with van der Waals surface area (Å²) in [4.78, 5) is 29.1. The van der Waals surface area contributed by atoms with Crippen LogP contribution in [0.1, 0.15) is 49.2 Å². The van der Waals surface area contributed by atoms with Crippen molar-refractivity contribution in [3.8, 4) is 5.69 Å². The van der Waals surface area contributed by atoms with Gasteiger partial charge in [0.25, 0.3) is 5.91 Å². The van der Waals surface area contributed by atoms with Gasteiger partial charge in [-0.1, -0.05) is 6.92 Å². The van der Waals surface area contributed by atoms with Crippen LogP contribution in [0.5, 0.6) is 0 Å². The van der Waals surface area contributed by atoms with Crippen molar-refractivity contribution >= 4 is 11.9 Å². The molecule has 0 spiro atoms. The minimum Gasteiger partial charge on any atom is -0.466 e. The van der Waals surface area contributed by atoms with Gasteiger partial charge in [-0.15, -0.1) is 0 Å². The molecule has 7 nitrogen and oxygen atoms in total. The van der Waals surface area contributed by atoms with E-state index in [9.17, 15) is 22.8 Å². The second kappa shape index (κ2) is 10.8. The quantitative estimate of drug-likeness (QED) is 0.527. The number of halogens is 3. The second-order valence-electron chi connectivity index (χ2n) is 7.92. The molecule has 1 aliphatic rings. The van der Waals surface area contributed by atoms with Crippen LogP contribution in [0.2, 0.25) is 0 Å². The highest BCUT2D eigenvalue weighted by Gasteiger charge is 2.33. The zero-order valence-corrected chi connectivity index (χ0v) is 18.8. The molecule has 0 aliphatic carbocycles. The lowest BCUT2D eigenvalue weighted by molar-refractivity contribution is -0.143. The first-order valence-corrected chi connectivity index (χ1v) is 11.1. The van der Waals surface area contributed by atoms with Gasteiger partial charge in [0, 0.05) is 30.9 Å². The van der Waals surface area contributed by atoms with Crippen LogP contribution in [-0.2, 0) is 15.7 Å². The lowest BCUT2D eigenvalue weighted by Gasteiger charge is -2.30. The molecule has 0 N–H and O–H groups in total. The molecule has 1 aliphatic heterocycles. The molecule has 1 unspecified atom stereocenters. The molecule has 1 aromatic carbocycles. The van der Waals surface area contributed by atoms with Crippen molar-refractivity contribution in [2.24, 2.45) is 0 Å². The zero-order valence-electron chi connectivity index (χ0n) is 18.8. The van der Waals surface area contributed by atoms with E-state index in [-0.39, 0.29) is 37.5 Å². The van der Waals surface area contributed by atoms with Crippen LogP contribution in [0.25, 0.3) is 5.69 Å². The van der Waals surface area contributed by atoms with Crippen LogP contribution in [0.15, 0.2) is 36.5 Å². The molecular weight excluding hydrogens is 437 g/mol. The molecule has 1 aromatic heterocycles. The summed E-state index contributed by atoms with van der Waals surface area (Å²) < 4.78 is 44.6. The number of benzene rings is 1. The van der Waals surface area contributed by atoms with Crippen LogP contribution < -0.4 is 0 Å². The van der Waals surface area contributed by atoms with Gasteiger partial charge >= 0.3 is 12.1 Å². The van der Waals surface area contributed by atoms with E-state index >= 15 is 0 Å². The fourth-order valence-corrected chi connectivity index (χ4v) is 4.07. The number of alkyl halides is 3. The lowest BCUT2D eigenvalue weighted by Crippen LogP contribution is -2.44. The average molecular weight is 467 g/mol. The molecule has 1 atom stereocenters. The summed E-state index contributed by atoms with van der Waals surface area (Å²) in [6.07, 6.45) is -1.14. The number of ether oxygens (including phenoxy) is 1. The Bertz CT molecular complexity index is 943. The number of carbonyl (C=O) groups is 2. The summed E-state index contributed by atoms with van der Waals surface area (Å²) in [5, 5.41) is 3.55. The predicted octanol–water partition coefficient (Wildman–Crippen LogP) is 3.77. The van der Waals surface area contributed by atoms with Crippen molar-refractivity contribution in [3.63, 3.8) is 0 Å². The maximum Gasteiger partial charge on any atom is 0.435 e. The van der Waals surface area contributed by atoms with Crippen molar-refractivity contribution in [2.75, 3.05) is 32.8 Å². The first-order valence-electron chi connectivity index (χ1n) is 11.1. The maximum atomic E-state index is 13.3. The Balaban J connectivity index is 1.75. The lowest BCUT2D eigenvalue weighted by atomic mass is 10.1. The number of hydrogen-bond donors (Lipinski definition) is 0. The second-order valence-corrected chi connectivity index (χ2v) is 7.92. The van der Waals surface area contributed by atoms with Gasteiger partial charge in [0.2, 0.25) is 0 Å². The molecule has 1 amide bonds. The van der Waals surface area contributed by atoms with Crippen LogP contribution in [-0.4, -0.2) is 70.3 Å². The molecule has 2 heterocycles. The Morgan fingerprint density at radius 3 is 2.52 bits per heavy atom. The third-order valence-electron chi connectivity index (χ3n) is 5.77. The van der Waals surface area contributed by atoms with Crippen molar-refractivity contribution < 1.29 is 27.5 Å². The minimum atomic E-state index is -4.52. The van der Waals surface area contributed by atoms with E-state index in [1.54, 1.807) is 36.1 Å². The van der Waals surface area contributed by atoms with E-state index < -0.39 is 11.9 Å². The number of rotatable bonds is 9. The van der Waals surface area contributed by atoms with Crippen LogP contribution in [0, 0.1) is 0 Å². The predicted molar refractivity (Wildman–Crippen MR) is 116 cm³/mol. The highest BCUT2D eigenvalue weighted by Crippen LogP contribution is 2.28. The molecule has 10 heteroatoms. The van der Waals surface area contributed by atoms with E-state index in [1.165, 1.54) is 6.20 Å². The first-order chi connectivity index (χ1) is 15.7. The fourth-order valence-electron chi connectivity index (χ4n) is 4.07. The minimum absolute atomic E-state index is 0.101. The molecule has 0 radical (unpaired) electrons. The molecule has 33 heavy (non-hydrogen) atoms. The summed E-state index contributed by atoms with van der Waals surface area (Å²) in [6, 6.07) is 7.37. The Morgan fingerprint density at radius 2 is 1.91 bits per heavy atom. The number of amides is 1. The number of hydrogen-bond acceptors (Lipinski definition) is 5. The van der Waals surface area contributed by atoms with Crippen LogP contribution in [0.3, 0.4) is 0 Å². The summed E-state index contributed by atoms with van der Waals surface area (Å²) >= 11 is 0. The summed E-state index contributed by atoms with van der Waals surface area (Å²) in [5.41, 5.74) is -0.176. The van der Waals surface area contributed by atoms with Crippen molar-refractivity contribution in [1.82, 2.24) is 19.6 Å². The Kier molecular flexibility index (Phi) is 8.12. The van der Waals surface area contributed by atoms with E-state index in [1.807, 2.05) is 0 Å². The topological polar surface area (TPSA) is 67.7 Å². The SMILES string of the molecule is CCOC(=O)CCN(CC1CCCN1CC)C(=O)c1ccc(-n2ccc(C(F)(F)F)n2)cc1. The van der Waals surface area contributed by atoms with Crippen LogP contribution in [0.4, 0.5) is 13.2 Å². The molecule has 2 aromatic rings. The molecule has 0 saturated carbocycles. The van der Waals surface area contributed by atoms with Crippen molar-refractivity contribution in [3.05, 3.63) is 47.8 Å². The number of aromatic nitrogens is 2. The highest BCUT2D eigenvalue weighted by molar-refractivity contribution is 5.94. The van der Waals surface area contributed by atoms with Gasteiger partial charge in [-0.05, 0) is 63.2 Å². The van der Waals surface area contributed by atoms with Gasteiger partial charge in [0.05, 0.1) is 18.7 Å². The maximum absolute atomic E-state index is 13.3. The number of nitrogens with zero attached hydrogens (tertiary/aromatic N) is 4. The normalized spacial score (nSPS) is 16.7. The largest absolute Gasteiger partial charge is 0.466 e. The summed E-state index contributed by atoms with van der Waals surface area (Å²) in [7, 11) is 0. The number of esters is 1. The Morgan fingerprint density at radius 1 is 1.18 bits per heavy atom. The van der Waals surface area contributed by atoms with Gasteiger partial charge in [-0.25, -0.2) is 4.68 Å². The standard InChI is InChI=1S/C23H29F3N4O3/c1-3-28-13-5-6-19(28)16-29(14-12-21(31)33-4-2)22(32)17-7-9-18(10-8-17)30-15-11-20(27-30)23(24,25)26/h7-11,15,19H,3-6,12-14,16H2,1-2H3. The average Bonchev–Trinajstić information content (AvgIpc) is 3.46. The molecule has 1 fully saturated rings. The number of likely N-dealkylation sites (tertiary alicyclic amines) is 1. The monoisotopic (exact) mass is 466 g/mol. The smallest absolute Gasteiger partial charge is 0.435 e. The van der Waals surface area contributed by atoms with Gasteiger partial charge in [-0.3, -0.25) is 14.5 Å². The first kappa shape index (κ1) is 24.8. The Hall–Kier alpha value is -2.88. The van der Waals surface area contributed by atoms with E-state index in [0.29, 0.717) is 17.8 Å². The van der Waals surface area contributed by atoms with Crippen molar-refractivity contribution in [1.29, 1.82) is 0 Å². The third-order valence-corrected chi connectivity index (χ3v) is 5.77. The van der Waals surface area contributed by atoms with E-state index in [0.717, 1.165) is 36.7 Å². The van der Waals surface area contributed by atoms with Crippen LogP contribution >= 0.6 is 0 Å². The molecule has 180 valence electrons. The molecular formula is C23H29F3N4O3. The summed E-state index contributed by atoms with van der Waals surface area (Å²) in [5.74, 6) is -0.589. The van der Waals surface area contributed by atoms with Gasteiger partial charge < -0.3 is 9.64 Å². The molecule has 0 bridgehead atoms.